The van der Waals surface area contributed by atoms with E-state index in [0.717, 1.165) is 30.5 Å². The molecule has 1 saturated carbocycles. The van der Waals surface area contributed by atoms with Gasteiger partial charge in [-0.25, -0.2) is 4.98 Å². The van der Waals surface area contributed by atoms with Crippen molar-refractivity contribution in [2.75, 3.05) is 16.4 Å². The van der Waals surface area contributed by atoms with Crippen molar-refractivity contribution in [2.24, 2.45) is 0 Å². The molecule has 1 aliphatic rings. The van der Waals surface area contributed by atoms with Crippen LogP contribution in [0.4, 0.5) is 17.2 Å². The summed E-state index contributed by atoms with van der Waals surface area (Å²) in [6.45, 7) is 0.747. The number of pyridine rings is 1. The Morgan fingerprint density at radius 2 is 1.48 bits per heavy atom. The number of nitrogens with two attached hydrogens (primary N) is 2. The van der Waals surface area contributed by atoms with E-state index in [1.54, 1.807) is 0 Å². The minimum Gasteiger partial charge on any atom is -0.397 e. The van der Waals surface area contributed by atoms with Crippen molar-refractivity contribution in [3.63, 3.8) is 0 Å². The van der Waals surface area contributed by atoms with E-state index in [9.17, 15) is 0 Å². The number of halogens is 1. The average Bonchev–Trinajstić information content (AvgIpc) is 3.53. The zero-order valence-corrected chi connectivity index (χ0v) is 15.9. The predicted octanol–water partition coefficient (Wildman–Crippen LogP) is 4.66. The van der Waals surface area contributed by atoms with Crippen molar-refractivity contribution in [1.29, 1.82) is 0 Å². The van der Waals surface area contributed by atoms with Crippen LogP contribution in [0.25, 0.3) is 0 Å². The molecule has 27 heavy (non-hydrogen) atoms. The van der Waals surface area contributed by atoms with Crippen molar-refractivity contribution >= 4 is 28.8 Å². The quantitative estimate of drug-likeness (QED) is 0.612. The van der Waals surface area contributed by atoms with Crippen molar-refractivity contribution in [1.82, 2.24) is 4.98 Å². The van der Waals surface area contributed by atoms with Gasteiger partial charge in [0.1, 0.15) is 5.15 Å². The first-order chi connectivity index (χ1) is 13.1. The van der Waals surface area contributed by atoms with Gasteiger partial charge in [0.05, 0.1) is 11.4 Å². The first kappa shape index (κ1) is 17.7. The molecule has 4 nitrogen and oxygen atoms in total. The Balaban J connectivity index is 1.68. The average molecular weight is 379 g/mol. The third kappa shape index (κ3) is 3.86. The summed E-state index contributed by atoms with van der Waals surface area (Å²) in [5, 5.41) is 0.430. The number of benzene rings is 2. The molecule has 0 unspecified atom stereocenters. The van der Waals surface area contributed by atoms with Crippen LogP contribution in [-0.2, 0) is 13.0 Å². The number of hydrogen-bond donors (Lipinski definition) is 2. The monoisotopic (exact) mass is 378 g/mol. The van der Waals surface area contributed by atoms with E-state index in [-0.39, 0.29) is 0 Å². The zero-order chi connectivity index (χ0) is 18.8. The van der Waals surface area contributed by atoms with Crippen LogP contribution in [0.1, 0.15) is 29.5 Å². The summed E-state index contributed by atoms with van der Waals surface area (Å²) in [5.41, 5.74) is 17.0. The Hall–Kier alpha value is -2.72. The number of nitrogens with zero attached hydrogens (tertiary/aromatic N) is 2. The lowest BCUT2D eigenvalue weighted by Crippen LogP contribution is -2.27. The van der Waals surface area contributed by atoms with E-state index in [0.29, 0.717) is 34.8 Å². The van der Waals surface area contributed by atoms with Crippen LogP contribution in [0, 0.1) is 0 Å². The molecule has 0 saturated heterocycles. The summed E-state index contributed by atoms with van der Waals surface area (Å²) >= 11 is 6.56. The molecule has 138 valence electrons. The van der Waals surface area contributed by atoms with E-state index in [1.165, 1.54) is 5.56 Å². The third-order valence-electron chi connectivity index (χ3n) is 4.99. The molecule has 1 aromatic heterocycles. The van der Waals surface area contributed by atoms with Gasteiger partial charge in [0, 0.05) is 24.6 Å². The molecular formula is C22H23ClN4. The molecule has 4 rings (SSSR count). The van der Waals surface area contributed by atoms with E-state index in [1.807, 2.05) is 48.5 Å². The molecule has 0 atom stereocenters. The second kappa shape index (κ2) is 7.49. The number of aromatic nitrogens is 1. The summed E-state index contributed by atoms with van der Waals surface area (Å²) < 4.78 is 0. The van der Waals surface area contributed by atoms with Crippen LogP contribution in [0.5, 0.6) is 0 Å². The SMILES string of the molecule is Nc1c(N(Cc2ccccc2)C2CC2)nc(Cl)c(Cc2ccccc2)c1N. The summed E-state index contributed by atoms with van der Waals surface area (Å²) in [7, 11) is 0. The molecule has 2 aromatic carbocycles. The van der Waals surface area contributed by atoms with Gasteiger partial charge in [-0.3, -0.25) is 0 Å². The van der Waals surface area contributed by atoms with Crippen LogP contribution in [-0.4, -0.2) is 11.0 Å². The minimum atomic E-state index is 0.430. The van der Waals surface area contributed by atoms with Gasteiger partial charge in [-0.1, -0.05) is 72.3 Å². The van der Waals surface area contributed by atoms with Crippen molar-refractivity contribution < 1.29 is 0 Å². The van der Waals surface area contributed by atoms with Crippen LogP contribution in [0.15, 0.2) is 60.7 Å². The highest BCUT2D eigenvalue weighted by Gasteiger charge is 2.32. The maximum atomic E-state index is 6.56. The highest BCUT2D eigenvalue weighted by atomic mass is 35.5. The van der Waals surface area contributed by atoms with Crippen LogP contribution < -0.4 is 16.4 Å². The summed E-state index contributed by atoms with van der Waals surface area (Å²) in [5.74, 6) is 0.695. The largest absolute Gasteiger partial charge is 0.397 e. The maximum absolute atomic E-state index is 6.56. The van der Waals surface area contributed by atoms with Gasteiger partial charge in [0.2, 0.25) is 0 Å². The molecule has 0 spiro atoms. The standard InChI is InChI=1S/C22H23ClN4/c23-21-18(13-15-7-3-1-4-8-15)19(24)20(25)22(26-21)27(17-11-12-17)14-16-9-5-2-6-10-16/h1-10,17H,11-14,25H2,(H2,24,26). The van der Waals surface area contributed by atoms with Gasteiger partial charge in [0.15, 0.2) is 5.82 Å². The second-order valence-corrected chi connectivity index (χ2v) is 7.40. The fourth-order valence-corrected chi connectivity index (χ4v) is 3.59. The first-order valence-electron chi connectivity index (χ1n) is 9.21. The van der Waals surface area contributed by atoms with Gasteiger partial charge in [0.25, 0.3) is 0 Å². The molecule has 0 radical (unpaired) electrons. The van der Waals surface area contributed by atoms with Gasteiger partial charge >= 0.3 is 0 Å². The van der Waals surface area contributed by atoms with E-state index in [4.69, 9.17) is 23.1 Å². The molecule has 4 N–H and O–H groups in total. The minimum absolute atomic E-state index is 0.430. The van der Waals surface area contributed by atoms with Gasteiger partial charge in [-0.2, -0.15) is 0 Å². The smallest absolute Gasteiger partial charge is 0.156 e. The Labute approximate surface area is 164 Å². The fraction of sp³-hybridized carbons (Fsp3) is 0.227. The number of hydrogen-bond acceptors (Lipinski definition) is 4. The second-order valence-electron chi connectivity index (χ2n) is 7.04. The molecular weight excluding hydrogens is 356 g/mol. The molecule has 0 aliphatic heterocycles. The maximum Gasteiger partial charge on any atom is 0.156 e. The Morgan fingerprint density at radius 3 is 2.07 bits per heavy atom. The van der Waals surface area contributed by atoms with Crippen molar-refractivity contribution in [2.45, 2.75) is 31.8 Å². The molecule has 0 bridgehead atoms. The normalized spacial score (nSPS) is 13.5. The van der Waals surface area contributed by atoms with E-state index < -0.39 is 0 Å². The Kier molecular flexibility index (Phi) is 4.90. The van der Waals surface area contributed by atoms with Crippen molar-refractivity contribution in [3.05, 3.63) is 82.5 Å². The predicted molar refractivity (Wildman–Crippen MR) is 113 cm³/mol. The van der Waals surface area contributed by atoms with Gasteiger partial charge in [-0.15, -0.1) is 0 Å². The Bertz CT molecular complexity index is 924. The molecule has 5 heteroatoms. The molecule has 1 fully saturated rings. The van der Waals surface area contributed by atoms with Gasteiger partial charge in [-0.05, 0) is 24.0 Å². The number of rotatable bonds is 6. The Morgan fingerprint density at radius 1 is 0.889 bits per heavy atom. The van der Waals surface area contributed by atoms with Crippen LogP contribution in [0.3, 0.4) is 0 Å². The number of nitrogen functional groups attached to an aromatic ring is 2. The summed E-state index contributed by atoms with van der Waals surface area (Å²) in [4.78, 5) is 6.91. The van der Waals surface area contributed by atoms with E-state index in [2.05, 4.69) is 22.0 Å². The third-order valence-corrected chi connectivity index (χ3v) is 5.30. The highest BCUT2D eigenvalue weighted by molar-refractivity contribution is 6.31. The summed E-state index contributed by atoms with van der Waals surface area (Å²) in [6.07, 6.45) is 2.89. The van der Waals surface area contributed by atoms with E-state index >= 15 is 0 Å². The highest BCUT2D eigenvalue weighted by Crippen LogP contribution is 2.40. The lowest BCUT2D eigenvalue weighted by molar-refractivity contribution is 0.779. The lowest BCUT2D eigenvalue weighted by atomic mass is 10.0. The molecule has 1 heterocycles. The van der Waals surface area contributed by atoms with Crippen LogP contribution in [0.2, 0.25) is 5.15 Å². The molecule has 3 aromatic rings. The first-order valence-corrected chi connectivity index (χ1v) is 9.59. The summed E-state index contributed by atoms with van der Waals surface area (Å²) in [6, 6.07) is 20.8. The topological polar surface area (TPSA) is 68.2 Å². The fourth-order valence-electron chi connectivity index (χ4n) is 3.35. The number of anilines is 3. The van der Waals surface area contributed by atoms with Crippen molar-refractivity contribution in [3.8, 4) is 0 Å². The molecule has 0 amide bonds. The molecule has 1 aliphatic carbocycles. The van der Waals surface area contributed by atoms with Gasteiger partial charge < -0.3 is 16.4 Å². The van der Waals surface area contributed by atoms with Crippen LogP contribution >= 0.6 is 11.6 Å². The zero-order valence-electron chi connectivity index (χ0n) is 15.1. The lowest BCUT2D eigenvalue weighted by Gasteiger charge is -2.27.